The first kappa shape index (κ1) is 17.0. The highest BCUT2D eigenvalue weighted by atomic mass is 35.5. The summed E-state index contributed by atoms with van der Waals surface area (Å²) in [5, 5.41) is 0.603. The Morgan fingerprint density at radius 1 is 1.09 bits per heavy atom. The second-order valence-electron chi connectivity index (χ2n) is 4.63. The minimum atomic E-state index is -3.43. The van der Waals surface area contributed by atoms with Gasteiger partial charge in [-0.1, -0.05) is 48.0 Å². The zero-order chi connectivity index (χ0) is 16.9. The first-order valence-corrected chi connectivity index (χ1v) is 7.24. The lowest BCUT2D eigenvalue weighted by atomic mass is 10.0. The molecule has 0 atom stereocenters. The fourth-order valence-electron chi connectivity index (χ4n) is 1.88. The Bertz CT molecular complexity index is 741. The van der Waals surface area contributed by atoms with E-state index in [1.807, 2.05) is 0 Å². The minimum Gasteiger partial charge on any atom is -0.456 e. The Kier molecular flexibility index (Phi) is 5.36. The number of hydrogen-bond donors (Lipinski definition) is 0. The Morgan fingerprint density at radius 2 is 1.61 bits per heavy atom. The van der Waals surface area contributed by atoms with Gasteiger partial charge < -0.3 is 4.74 Å². The summed E-state index contributed by atoms with van der Waals surface area (Å²) in [6, 6.07) is 12.8. The molecule has 2 rings (SSSR count). The van der Waals surface area contributed by atoms with E-state index in [0.717, 1.165) is 11.1 Å². The van der Waals surface area contributed by atoms with Crippen molar-refractivity contribution >= 4 is 17.6 Å². The average molecular weight is 335 g/mol. The summed E-state index contributed by atoms with van der Waals surface area (Å²) in [7, 11) is 0. The molecule has 0 heterocycles. The molecule has 5 heteroatoms. The van der Waals surface area contributed by atoms with Crippen LogP contribution in [0.3, 0.4) is 0 Å². The molecule has 0 aliphatic rings. The zero-order valence-electron chi connectivity index (χ0n) is 12.3. The van der Waals surface area contributed by atoms with Gasteiger partial charge in [-0.3, -0.25) is 0 Å². The molecule has 118 valence electrons. The van der Waals surface area contributed by atoms with Crippen LogP contribution in [-0.4, -0.2) is 12.6 Å². The van der Waals surface area contributed by atoms with Crippen LogP contribution in [0.5, 0.6) is 0 Å². The van der Waals surface area contributed by atoms with Crippen LogP contribution in [0.2, 0.25) is 5.02 Å². The van der Waals surface area contributed by atoms with Crippen molar-refractivity contribution in [3.05, 3.63) is 59.1 Å². The monoisotopic (exact) mass is 334 g/mol. The van der Waals surface area contributed by atoms with Gasteiger partial charge >= 0.3 is 11.9 Å². The standard InChI is InChI=1S/C18H13ClF2O2/c1-2-23-17(22)11-12-18(20,21)15-7-3-13(4-8-15)14-5-9-16(19)10-6-14/h3-10H,2H2,1H3. The molecule has 0 fully saturated rings. The lowest BCUT2D eigenvalue weighted by Gasteiger charge is -2.10. The normalized spacial score (nSPS) is 10.6. The van der Waals surface area contributed by atoms with E-state index in [4.69, 9.17) is 11.6 Å². The Balaban J connectivity index is 2.21. The van der Waals surface area contributed by atoms with Crippen LogP contribution < -0.4 is 0 Å². The smallest absolute Gasteiger partial charge is 0.384 e. The van der Waals surface area contributed by atoms with Gasteiger partial charge in [0.15, 0.2) is 0 Å². The van der Waals surface area contributed by atoms with E-state index in [-0.39, 0.29) is 12.2 Å². The summed E-state index contributed by atoms with van der Waals surface area (Å²) in [5.41, 5.74) is 1.36. The number of carbonyl (C=O) groups is 1. The lowest BCUT2D eigenvalue weighted by Crippen LogP contribution is -2.11. The fourth-order valence-corrected chi connectivity index (χ4v) is 2.01. The number of benzene rings is 2. The maximum atomic E-state index is 13.9. The number of carbonyl (C=O) groups excluding carboxylic acids is 1. The topological polar surface area (TPSA) is 26.3 Å². The number of rotatable bonds is 3. The van der Waals surface area contributed by atoms with Gasteiger partial charge in [-0.05, 0) is 36.1 Å². The summed E-state index contributed by atoms with van der Waals surface area (Å²) >= 11 is 5.81. The van der Waals surface area contributed by atoms with Gasteiger partial charge in [0.05, 0.1) is 6.61 Å². The summed E-state index contributed by atoms with van der Waals surface area (Å²) in [6.45, 7) is 1.67. The molecule has 0 bridgehead atoms. The van der Waals surface area contributed by atoms with Gasteiger partial charge in [-0.2, -0.15) is 8.78 Å². The van der Waals surface area contributed by atoms with Crippen molar-refractivity contribution in [3.8, 4) is 23.0 Å². The molecular weight excluding hydrogens is 322 g/mol. The van der Waals surface area contributed by atoms with Gasteiger partial charge in [-0.25, -0.2) is 4.79 Å². The van der Waals surface area contributed by atoms with E-state index in [1.165, 1.54) is 12.1 Å². The summed E-state index contributed by atoms with van der Waals surface area (Å²) in [4.78, 5) is 11.0. The second-order valence-corrected chi connectivity index (χ2v) is 5.07. The molecule has 0 N–H and O–H groups in total. The van der Waals surface area contributed by atoms with E-state index in [9.17, 15) is 13.6 Å². The first-order valence-electron chi connectivity index (χ1n) is 6.86. The number of ether oxygens (including phenoxy) is 1. The molecule has 0 aliphatic heterocycles. The molecule has 0 unspecified atom stereocenters. The predicted octanol–water partition coefficient (Wildman–Crippen LogP) is 4.67. The molecule has 23 heavy (non-hydrogen) atoms. The van der Waals surface area contributed by atoms with Gasteiger partial charge in [0.2, 0.25) is 0 Å². The second kappa shape index (κ2) is 7.26. The van der Waals surface area contributed by atoms with E-state index in [1.54, 1.807) is 55.2 Å². The molecule has 0 spiro atoms. The van der Waals surface area contributed by atoms with E-state index in [0.29, 0.717) is 5.02 Å². The predicted molar refractivity (Wildman–Crippen MR) is 85.2 cm³/mol. The van der Waals surface area contributed by atoms with Crippen LogP contribution >= 0.6 is 11.6 Å². The fraction of sp³-hybridized carbons (Fsp3) is 0.167. The highest BCUT2D eigenvalue weighted by Crippen LogP contribution is 2.29. The highest BCUT2D eigenvalue weighted by molar-refractivity contribution is 6.30. The summed E-state index contributed by atoms with van der Waals surface area (Å²) in [6.07, 6.45) is 0. The summed E-state index contributed by atoms with van der Waals surface area (Å²) < 4.78 is 32.4. The van der Waals surface area contributed by atoms with Gasteiger partial charge in [0.25, 0.3) is 0 Å². The molecule has 0 aliphatic carbocycles. The van der Waals surface area contributed by atoms with Crippen LogP contribution in [0.1, 0.15) is 12.5 Å². The Hall–Kier alpha value is -2.38. The molecule has 0 saturated carbocycles. The van der Waals surface area contributed by atoms with Crippen molar-refractivity contribution in [2.45, 2.75) is 12.8 Å². The maximum absolute atomic E-state index is 13.9. The Labute approximate surface area is 138 Å². The third kappa shape index (κ3) is 4.54. The molecule has 2 nitrogen and oxygen atoms in total. The maximum Gasteiger partial charge on any atom is 0.384 e. The molecule has 2 aromatic carbocycles. The molecule has 0 amide bonds. The molecule has 0 radical (unpaired) electrons. The van der Waals surface area contributed by atoms with Crippen LogP contribution in [0.4, 0.5) is 8.78 Å². The minimum absolute atomic E-state index is 0.0921. The SMILES string of the molecule is CCOC(=O)C#CC(F)(F)c1ccc(-c2ccc(Cl)cc2)cc1. The van der Waals surface area contributed by atoms with Crippen LogP contribution in [0.15, 0.2) is 48.5 Å². The van der Waals surface area contributed by atoms with Crippen molar-refractivity contribution in [3.63, 3.8) is 0 Å². The zero-order valence-corrected chi connectivity index (χ0v) is 13.0. The van der Waals surface area contributed by atoms with Crippen LogP contribution in [0, 0.1) is 11.8 Å². The third-order valence-corrected chi connectivity index (χ3v) is 3.27. The highest BCUT2D eigenvalue weighted by Gasteiger charge is 2.29. The largest absolute Gasteiger partial charge is 0.456 e. The quantitative estimate of drug-likeness (QED) is 0.463. The van der Waals surface area contributed by atoms with Gasteiger partial charge in [-0.15, -0.1) is 0 Å². The number of hydrogen-bond acceptors (Lipinski definition) is 2. The third-order valence-electron chi connectivity index (χ3n) is 3.02. The molecular formula is C18H13ClF2O2. The van der Waals surface area contributed by atoms with Crippen molar-refractivity contribution < 1.29 is 18.3 Å². The van der Waals surface area contributed by atoms with E-state index < -0.39 is 11.9 Å². The van der Waals surface area contributed by atoms with Crippen LogP contribution in [-0.2, 0) is 15.5 Å². The average Bonchev–Trinajstić information content (AvgIpc) is 2.54. The molecule has 2 aromatic rings. The number of esters is 1. The summed E-state index contributed by atoms with van der Waals surface area (Å²) in [5.74, 6) is -0.943. The van der Waals surface area contributed by atoms with E-state index in [2.05, 4.69) is 4.74 Å². The van der Waals surface area contributed by atoms with Gasteiger partial charge in [0, 0.05) is 16.5 Å². The van der Waals surface area contributed by atoms with Crippen molar-refractivity contribution in [1.82, 2.24) is 0 Å². The van der Waals surface area contributed by atoms with Crippen LogP contribution in [0.25, 0.3) is 11.1 Å². The molecule has 0 saturated heterocycles. The van der Waals surface area contributed by atoms with E-state index >= 15 is 0 Å². The Morgan fingerprint density at radius 3 is 2.13 bits per heavy atom. The van der Waals surface area contributed by atoms with Gasteiger partial charge in [0.1, 0.15) is 0 Å². The van der Waals surface area contributed by atoms with Crippen molar-refractivity contribution in [1.29, 1.82) is 0 Å². The lowest BCUT2D eigenvalue weighted by molar-refractivity contribution is -0.136. The molecule has 0 aromatic heterocycles. The number of alkyl halides is 2. The number of halogens is 3. The van der Waals surface area contributed by atoms with Crippen molar-refractivity contribution in [2.75, 3.05) is 6.61 Å². The first-order chi connectivity index (χ1) is 10.9. The van der Waals surface area contributed by atoms with Crippen molar-refractivity contribution in [2.24, 2.45) is 0 Å².